The molecule has 0 atom stereocenters. The molecule has 0 aliphatic rings. The highest BCUT2D eigenvalue weighted by molar-refractivity contribution is 9.10. The molecule has 5 heteroatoms. The van der Waals surface area contributed by atoms with Gasteiger partial charge >= 0.3 is 0 Å². The van der Waals surface area contributed by atoms with Gasteiger partial charge in [0.25, 0.3) is 0 Å². The van der Waals surface area contributed by atoms with Crippen LogP contribution >= 0.6 is 27.5 Å². The SMILES string of the molecule is CNCCc1nc(Cl)c2cccc(Br)n12. The highest BCUT2D eigenvalue weighted by Gasteiger charge is 2.10. The number of likely N-dealkylation sites (N-methyl/N-ethyl adjacent to an activating group) is 1. The summed E-state index contributed by atoms with van der Waals surface area (Å²) in [6.45, 7) is 0.886. The maximum absolute atomic E-state index is 6.06. The van der Waals surface area contributed by atoms with Crippen LogP contribution in [0.3, 0.4) is 0 Å². The number of nitrogens with zero attached hydrogens (tertiary/aromatic N) is 2. The van der Waals surface area contributed by atoms with Crippen molar-refractivity contribution in [2.24, 2.45) is 0 Å². The summed E-state index contributed by atoms with van der Waals surface area (Å²) in [5, 5.41) is 3.66. The molecule has 3 nitrogen and oxygen atoms in total. The van der Waals surface area contributed by atoms with Crippen LogP contribution in [0.4, 0.5) is 0 Å². The molecule has 15 heavy (non-hydrogen) atoms. The number of aromatic nitrogens is 2. The minimum Gasteiger partial charge on any atom is -0.319 e. The summed E-state index contributed by atoms with van der Waals surface area (Å²) in [6.07, 6.45) is 0.854. The molecule has 0 bridgehead atoms. The Hall–Kier alpha value is -0.580. The van der Waals surface area contributed by atoms with Gasteiger partial charge in [-0.25, -0.2) is 4.98 Å². The van der Waals surface area contributed by atoms with E-state index < -0.39 is 0 Å². The second kappa shape index (κ2) is 4.51. The van der Waals surface area contributed by atoms with Crippen LogP contribution < -0.4 is 5.32 Å². The molecule has 2 heterocycles. The lowest BCUT2D eigenvalue weighted by molar-refractivity contribution is 0.751. The minimum atomic E-state index is 0.558. The van der Waals surface area contributed by atoms with E-state index in [1.807, 2.05) is 29.6 Å². The standard InChI is InChI=1S/C10H11BrClN3/c1-13-6-5-9-14-10(12)7-3-2-4-8(11)15(7)9/h2-4,13H,5-6H2,1H3. The van der Waals surface area contributed by atoms with Crippen molar-refractivity contribution in [2.75, 3.05) is 13.6 Å². The zero-order valence-corrected chi connectivity index (χ0v) is 10.6. The molecule has 0 radical (unpaired) electrons. The molecular formula is C10H11BrClN3. The van der Waals surface area contributed by atoms with Gasteiger partial charge in [0.15, 0.2) is 5.15 Å². The Kier molecular flexibility index (Phi) is 3.29. The third-order valence-corrected chi connectivity index (χ3v) is 3.13. The van der Waals surface area contributed by atoms with Gasteiger partial charge in [-0.1, -0.05) is 17.7 Å². The van der Waals surface area contributed by atoms with Gasteiger partial charge in [-0.15, -0.1) is 0 Å². The van der Waals surface area contributed by atoms with E-state index >= 15 is 0 Å². The Bertz CT molecular complexity index is 481. The van der Waals surface area contributed by atoms with Crippen molar-refractivity contribution >= 4 is 33.0 Å². The lowest BCUT2D eigenvalue weighted by Gasteiger charge is -2.02. The Morgan fingerprint density at radius 3 is 3.07 bits per heavy atom. The molecule has 0 aliphatic heterocycles. The number of fused-ring (bicyclic) bond motifs is 1. The van der Waals surface area contributed by atoms with Gasteiger partial charge in [-0.05, 0) is 35.1 Å². The molecular weight excluding hydrogens is 277 g/mol. The topological polar surface area (TPSA) is 29.3 Å². The fourth-order valence-corrected chi connectivity index (χ4v) is 2.32. The smallest absolute Gasteiger partial charge is 0.155 e. The molecule has 0 saturated heterocycles. The first-order valence-electron chi connectivity index (χ1n) is 4.70. The van der Waals surface area contributed by atoms with Gasteiger partial charge < -0.3 is 5.32 Å². The number of imidazole rings is 1. The molecule has 2 rings (SSSR count). The highest BCUT2D eigenvalue weighted by atomic mass is 79.9. The fraction of sp³-hybridized carbons (Fsp3) is 0.300. The molecule has 0 amide bonds. The van der Waals surface area contributed by atoms with Crippen molar-refractivity contribution in [1.82, 2.24) is 14.7 Å². The van der Waals surface area contributed by atoms with Gasteiger partial charge in [-0.3, -0.25) is 4.40 Å². The highest BCUT2D eigenvalue weighted by Crippen LogP contribution is 2.23. The van der Waals surface area contributed by atoms with Crippen LogP contribution in [0.25, 0.3) is 5.52 Å². The summed E-state index contributed by atoms with van der Waals surface area (Å²) in [5.74, 6) is 0.969. The maximum Gasteiger partial charge on any atom is 0.155 e. The zero-order chi connectivity index (χ0) is 10.8. The predicted octanol–water partition coefficient (Wildman–Crippen LogP) is 2.51. The van der Waals surface area contributed by atoms with Crippen LogP contribution in [0.1, 0.15) is 5.82 Å². The molecule has 2 aromatic heterocycles. The van der Waals surface area contributed by atoms with Gasteiger partial charge in [0.05, 0.1) is 10.1 Å². The van der Waals surface area contributed by atoms with E-state index in [1.54, 1.807) is 0 Å². The average Bonchev–Trinajstić information content (AvgIpc) is 2.55. The van der Waals surface area contributed by atoms with Crippen molar-refractivity contribution in [1.29, 1.82) is 0 Å². The summed E-state index contributed by atoms with van der Waals surface area (Å²) in [6, 6.07) is 5.89. The van der Waals surface area contributed by atoms with Crippen LogP contribution in [0.2, 0.25) is 5.15 Å². The molecule has 2 aromatic rings. The number of rotatable bonds is 3. The number of hydrogen-bond donors (Lipinski definition) is 1. The predicted molar refractivity (Wildman–Crippen MR) is 65.5 cm³/mol. The molecule has 0 aliphatic carbocycles. The first kappa shape index (κ1) is 10.9. The minimum absolute atomic E-state index is 0.558. The molecule has 0 spiro atoms. The summed E-state index contributed by atoms with van der Waals surface area (Å²) in [7, 11) is 1.92. The molecule has 0 fully saturated rings. The molecule has 0 unspecified atom stereocenters. The zero-order valence-electron chi connectivity index (χ0n) is 8.30. The first-order valence-corrected chi connectivity index (χ1v) is 5.87. The third kappa shape index (κ3) is 2.02. The van der Waals surface area contributed by atoms with Gasteiger partial charge in [0, 0.05) is 13.0 Å². The van der Waals surface area contributed by atoms with Crippen LogP contribution in [-0.2, 0) is 6.42 Å². The third-order valence-electron chi connectivity index (χ3n) is 2.24. The summed E-state index contributed by atoms with van der Waals surface area (Å²) in [4.78, 5) is 4.35. The van der Waals surface area contributed by atoms with Crippen LogP contribution in [0.15, 0.2) is 22.8 Å². The lowest BCUT2D eigenvalue weighted by Crippen LogP contribution is -2.12. The van der Waals surface area contributed by atoms with Crippen molar-refractivity contribution in [3.8, 4) is 0 Å². The van der Waals surface area contributed by atoms with Crippen molar-refractivity contribution in [2.45, 2.75) is 6.42 Å². The first-order chi connectivity index (χ1) is 7.24. The number of pyridine rings is 1. The summed E-state index contributed by atoms with van der Waals surface area (Å²) >= 11 is 9.55. The Morgan fingerprint density at radius 2 is 2.33 bits per heavy atom. The van der Waals surface area contributed by atoms with E-state index in [-0.39, 0.29) is 0 Å². The fourth-order valence-electron chi connectivity index (χ4n) is 1.53. The number of hydrogen-bond acceptors (Lipinski definition) is 2. The van der Waals surface area contributed by atoms with Gasteiger partial charge in [0.2, 0.25) is 0 Å². The van der Waals surface area contributed by atoms with E-state index in [4.69, 9.17) is 11.6 Å². The van der Waals surface area contributed by atoms with Gasteiger partial charge in [0.1, 0.15) is 5.82 Å². The maximum atomic E-state index is 6.06. The molecule has 80 valence electrons. The van der Waals surface area contributed by atoms with E-state index in [0.29, 0.717) is 5.15 Å². The van der Waals surface area contributed by atoms with Crippen LogP contribution in [-0.4, -0.2) is 23.0 Å². The quantitative estimate of drug-likeness (QED) is 0.880. The average molecular weight is 289 g/mol. The summed E-state index contributed by atoms with van der Waals surface area (Å²) < 4.78 is 3.00. The molecule has 0 aromatic carbocycles. The van der Waals surface area contributed by atoms with Gasteiger partial charge in [-0.2, -0.15) is 0 Å². The van der Waals surface area contributed by atoms with Crippen molar-refractivity contribution < 1.29 is 0 Å². The Morgan fingerprint density at radius 1 is 1.53 bits per heavy atom. The van der Waals surface area contributed by atoms with E-state index in [2.05, 4.69) is 26.2 Å². The molecule has 1 N–H and O–H groups in total. The number of halogens is 2. The van der Waals surface area contributed by atoms with E-state index in [9.17, 15) is 0 Å². The second-order valence-corrected chi connectivity index (χ2v) is 4.41. The lowest BCUT2D eigenvalue weighted by atomic mass is 10.4. The van der Waals surface area contributed by atoms with Crippen LogP contribution in [0, 0.1) is 0 Å². The largest absolute Gasteiger partial charge is 0.319 e. The Balaban J connectivity index is 2.54. The normalized spacial score (nSPS) is 11.1. The monoisotopic (exact) mass is 287 g/mol. The molecule has 0 saturated carbocycles. The second-order valence-electron chi connectivity index (χ2n) is 3.24. The Labute approximate surface area is 102 Å². The number of nitrogens with one attached hydrogen (secondary N) is 1. The van der Waals surface area contributed by atoms with Crippen molar-refractivity contribution in [3.63, 3.8) is 0 Å². The van der Waals surface area contributed by atoms with Crippen molar-refractivity contribution in [3.05, 3.63) is 33.8 Å². The summed E-state index contributed by atoms with van der Waals surface area (Å²) in [5.41, 5.74) is 0.942. The van der Waals surface area contributed by atoms with E-state index in [0.717, 1.165) is 28.9 Å². The van der Waals surface area contributed by atoms with E-state index in [1.165, 1.54) is 0 Å². The van der Waals surface area contributed by atoms with Crippen LogP contribution in [0.5, 0.6) is 0 Å².